The number of imidazole rings is 1. The lowest BCUT2D eigenvalue weighted by atomic mass is 10.1. The number of nitrogens with one attached hydrogen (secondary N) is 1. The minimum atomic E-state index is -0.503. The second kappa shape index (κ2) is 4.37. The molecule has 88 valence electrons. The van der Waals surface area contributed by atoms with Gasteiger partial charge in [-0.2, -0.15) is 0 Å². The van der Waals surface area contributed by atoms with Crippen LogP contribution in [0.15, 0.2) is 24.4 Å². The number of halogens is 1. The van der Waals surface area contributed by atoms with Crippen molar-refractivity contribution >= 4 is 5.97 Å². The van der Waals surface area contributed by atoms with Crippen LogP contribution in [0.3, 0.4) is 0 Å². The molecule has 0 saturated carbocycles. The largest absolute Gasteiger partial charge is 0.464 e. The number of H-pyrrole nitrogens is 1. The average Bonchev–Trinajstić information content (AvgIpc) is 2.81. The molecule has 1 N–H and O–H groups in total. The number of ether oxygens (including phenoxy) is 1. The van der Waals surface area contributed by atoms with Crippen LogP contribution in [0, 0.1) is 12.7 Å². The molecule has 0 spiro atoms. The average molecular weight is 234 g/mol. The van der Waals surface area contributed by atoms with Crippen molar-refractivity contribution in [3.05, 3.63) is 41.5 Å². The van der Waals surface area contributed by atoms with Gasteiger partial charge in [-0.3, -0.25) is 0 Å². The molecular formula is C12H11FN2O2. The van der Waals surface area contributed by atoms with Gasteiger partial charge >= 0.3 is 5.97 Å². The summed E-state index contributed by atoms with van der Waals surface area (Å²) < 4.78 is 17.9. The molecule has 1 heterocycles. The summed E-state index contributed by atoms with van der Waals surface area (Å²) in [6.07, 6.45) is 1.36. The molecule has 0 bridgehead atoms. The van der Waals surface area contributed by atoms with Crippen LogP contribution in [-0.2, 0) is 4.74 Å². The van der Waals surface area contributed by atoms with Crippen molar-refractivity contribution in [2.75, 3.05) is 7.11 Å². The summed E-state index contributed by atoms with van der Waals surface area (Å²) in [4.78, 5) is 18.0. The molecule has 0 radical (unpaired) electrons. The first-order chi connectivity index (χ1) is 8.11. The van der Waals surface area contributed by atoms with Gasteiger partial charge in [0.2, 0.25) is 0 Å². The number of carbonyl (C=O) groups excluding carboxylic acids is 1. The molecule has 4 nitrogen and oxygen atoms in total. The third-order valence-corrected chi connectivity index (χ3v) is 2.43. The van der Waals surface area contributed by atoms with Crippen LogP contribution in [0.25, 0.3) is 11.4 Å². The van der Waals surface area contributed by atoms with Gasteiger partial charge < -0.3 is 9.72 Å². The number of nitrogens with zero attached hydrogens (tertiary/aromatic N) is 1. The fourth-order valence-corrected chi connectivity index (χ4v) is 1.42. The van der Waals surface area contributed by atoms with Crippen molar-refractivity contribution in [2.24, 2.45) is 0 Å². The first-order valence-corrected chi connectivity index (χ1v) is 5.01. The van der Waals surface area contributed by atoms with E-state index in [-0.39, 0.29) is 11.5 Å². The Balaban J connectivity index is 2.37. The lowest BCUT2D eigenvalue weighted by molar-refractivity contribution is 0.0595. The fraction of sp³-hybridized carbons (Fsp3) is 0.167. The fourth-order valence-electron chi connectivity index (χ4n) is 1.42. The topological polar surface area (TPSA) is 55.0 Å². The van der Waals surface area contributed by atoms with Crippen molar-refractivity contribution < 1.29 is 13.9 Å². The molecule has 1 aromatic heterocycles. The molecule has 0 unspecified atom stereocenters. The number of esters is 1. The summed E-state index contributed by atoms with van der Waals surface area (Å²) in [6, 6.07) is 4.76. The van der Waals surface area contributed by atoms with E-state index < -0.39 is 5.97 Å². The lowest BCUT2D eigenvalue weighted by Crippen LogP contribution is -2.00. The third kappa shape index (κ3) is 2.18. The number of hydrogen-bond donors (Lipinski definition) is 1. The van der Waals surface area contributed by atoms with Gasteiger partial charge in [0.1, 0.15) is 17.3 Å². The summed E-state index contributed by atoms with van der Waals surface area (Å²) in [5, 5.41) is 0. The Hall–Kier alpha value is -2.17. The minimum Gasteiger partial charge on any atom is -0.464 e. The number of benzene rings is 1. The van der Waals surface area contributed by atoms with Gasteiger partial charge in [-0.1, -0.05) is 12.1 Å². The Morgan fingerprint density at radius 1 is 1.47 bits per heavy atom. The standard InChI is InChI=1S/C12H11FN2O2/c1-7-3-4-8(5-9(7)13)11-14-6-10(15-11)12(16)17-2/h3-6H,1-2H3,(H,14,15). The Labute approximate surface area is 97.5 Å². The van der Waals surface area contributed by atoms with E-state index in [1.54, 1.807) is 19.1 Å². The molecule has 0 aliphatic rings. The monoisotopic (exact) mass is 234 g/mol. The lowest BCUT2D eigenvalue weighted by Gasteiger charge is -1.99. The van der Waals surface area contributed by atoms with E-state index in [9.17, 15) is 9.18 Å². The van der Waals surface area contributed by atoms with E-state index in [0.29, 0.717) is 17.0 Å². The number of methoxy groups -OCH3 is 1. The molecule has 17 heavy (non-hydrogen) atoms. The Morgan fingerprint density at radius 2 is 2.24 bits per heavy atom. The molecule has 5 heteroatoms. The second-order valence-electron chi connectivity index (χ2n) is 3.60. The SMILES string of the molecule is COC(=O)c1cnc(-c2ccc(C)c(F)c2)[nH]1. The van der Waals surface area contributed by atoms with Crippen LogP contribution >= 0.6 is 0 Å². The van der Waals surface area contributed by atoms with Crippen molar-refractivity contribution in [3.8, 4) is 11.4 Å². The minimum absolute atomic E-state index is 0.239. The van der Waals surface area contributed by atoms with Gasteiger partial charge in [-0.15, -0.1) is 0 Å². The van der Waals surface area contributed by atoms with Crippen molar-refractivity contribution in [3.63, 3.8) is 0 Å². The third-order valence-electron chi connectivity index (χ3n) is 2.43. The van der Waals surface area contributed by atoms with E-state index in [1.165, 1.54) is 19.4 Å². The first kappa shape index (κ1) is 11.3. The van der Waals surface area contributed by atoms with Gasteiger partial charge in [0.15, 0.2) is 0 Å². The summed E-state index contributed by atoms with van der Waals surface area (Å²) in [6.45, 7) is 1.68. The van der Waals surface area contributed by atoms with Crippen LogP contribution in [0.5, 0.6) is 0 Å². The zero-order chi connectivity index (χ0) is 12.4. The highest BCUT2D eigenvalue weighted by atomic mass is 19.1. The number of rotatable bonds is 2. The van der Waals surface area contributed by atoms with Crippen LogP contribution in [-0.4, -0.2) is 23.0 Å². The number of hydrogen-bond acceptors (Lipinski definition) is 3. The van der Waals surface area contributed by atoms with Crippen LogP contribution in [0.2, 0.25) is 0 Å². The molecule has 2 rings (SSSR count). The molecule has 0 saturated heterocycles. The van der Waals surface area contributed by atoms with Gasteiger partial charge in [0, 0.05) is 5.56 Å². The highest BCUT2D eigenvalue weighted by Crippen LogP contribution is 2.19. The summed E-state index contributed by atoms with van der Waals surface area (Å²) in [7, 11) is 1.29. The number of aromatic amines is 1. The predicted octanol–water partition coefficient (Wildman–Crippen LogP) is 2.31. The van der Waals surface area contributed by atoms with Crippen molar-refractivity contribution in [2.45, 2.75) is 6.92 Å². The van der Waals surface area contributed by atoms with E-state index in [4.69, 9.17) is 0 Å². The maximum Gasteiger partial charge on any atom is 0.356 e. The zero-order valence-corrected chi connectivity index (χ0v) is 9.45. The van der Waals surface area contributed by atoms with Gasteiger partial charge in [-0.25, -0.2) is 14.2 Å². The van der Waals surface area contributed by atoms with E-state index in [1.807, 2.05) is 0 Å². The van der Waals surface area contributed by atoms with Crippen molar-refractivity contribution in [1.82, 2.24) is 9.97 Å². The molecular weight excluding hydrogens is 223 g/mol. The second-order valence-corrected chi connectivity index (χ2v) is 3.60. The number of aryl methyl sites for hydroxylation is 1. The summed E-state index contributed by atoms with van der Waals surface area (Å²) in [5.74, 6) is -0.376. The molecule has 2 aromatic rings. The first-order valence-electron chi connectivity index (χ1n) is 5.01. The summed E-state index contributed by atoms with van der Waals surface area (Å²) >= 11 is 0. The molecule has 0 fully saturated rings. The van der Waals surface area contributed by atoms with Gasteiger partial charge in [0.05, 0.1) is 13.3 Å². The van der Waals surface area contributed by atoms with E-state index in [2.05, 4.69) is 14.7 Å². The molecule has 1 aromatic carbocycles. The Morgan fingerprint density at radius 3 is 2.88 bits per heavy atom. The van der Waals surface area contributed by atoms with Crippen LogP contribution < -0.4 is 0 Å². The number of carbonyl (C=O) groups is 1. The maximum absolute atomic E-state index is 13.4. The van der Waals surface area contributed by atoms with E-state index in [0.717, 1.165) is 0 Å². The van der Waals surface area contributed by atoms with Crippen LogP contribution in [0.1, 0.15) is 16.1 Å². The van der Waals surface area contributed by atoms with Gasteiger partial charge in [0.25, 0.3) is 0 Å². The predicted molar refractivity (Wildman–Crippen MR) is 60.1 cm³/mol. The van der Waals surface area contributed by atoms with Crippen molar-refractivity contribution in [1.29, 1.82) is 0 Å². The normalized spacial score (nSPS) is 10.3. The zero-order valence-electron chi connectivity index (χ0n) is 9.45. The van der Waals surface area contributed by atoms with E-state index >= 15 is 0 Å². The maximum atomic E-state index is 13.4. The molecule has 0 aliphatic carbocycles. The Kier molecular flexibility index (Phi) is 2.91. The number of aromatic nitrogens is 2. The van der Waals surface area contributed by atoms with Gasteiger partial charge in [-0.05, 0) is 18.6 Å². The highest BCUT2D eigenvalue weighted by molar-refractivity contribution is 5.87. The van der Waals surface area contributed by atoms with Crippen LogP contribution in [0.4, 0.5) is 4.39 Å². The molecule has 0 aliphatic heterocycles. The molecule has 0 atom stereocenters. The highest BCUT2D eigenvalue weighted by Gasteiger charge is 2.11. The Bertz CT molecular complexity index is 563. The molecule has 0 amide bonds. The smallest absolute Gasteiger partial charge is 0.356 e. The summed E-state index contributed by atoms with van der Waals surface area (Å²) in [5.41, 5.74) is 1.39. The quantitative estimate of drug-likeness (QED) is 0.811.